The van der Waals surface area contributed by atoms with E-state index in [9.17, 15) is 15.2 Å². The minimum atomic E-state index is -0.411. The van der Waals surface area contributed by atoms with Gasteiger partial charge in [-0.1, -0.05) is 22.0 Å². The molecule has 0 bridgehead atoms. The van der Waals surface area contributed by atoms with Crippen LogP contribution < -0.4 is 0 Å². The molecular formula is C12H14BrNO3. The van der Waals surface area contributed by atoms with Gasteiger partial charge in [0.15, 0.2) is 0 Å². The van der Waals surface area contributed by atoms with Crippen LogP contribution in [0.25, 0.3) is 0 Å². The van der Waals surface area contributed by atoms with Gasteiger partial charge in [0.25, 0.3) is 5.69 Å². The molecule has 4 nitrogen and oxygen atoms in total. The molecule has 92 valence electrons. The van der Waals surface area contributed by atoms with Crippen molar-refractivity contribution in [3.05, 3.63) is 38.3 Å². The van der Waals surface area contributed by atoms with E-state index in [2.05, 4.69) is 15.9 Å². The third-order valence-electron chi connectivity index (χ3n) is 3.57. The van der Waals surface area contributed by atoms with Crippen molar-refractivity contribution in [3.8, 4) is 0 Å². The Labute approximate surface area is 108 Å². The molecule has 5 heteroatoms. The van der Waals surface area contributed by atoms with Gasteiger partial charge in [-0.25, -0.2) is 0 Å². The summed E-state index contributed by atoms with van der Waals surface area (Å²) in [6, 6.07) is 5.10. The smallest absolute Gasteiger partial charge is 0.273 e. The summed E-state index contributed by atoms with van der Waals surface area (Å²) in [7, 11) is 0. The Morgan fingerprint density at radius 3 is 2.71 bits per heavy atom. The van der Waals surface area contributed by atoms with E-state index in [-0.39, 0.29) is 16.0 Å². The molecule has 1 N–H and O–H groups in total. The third-order valence-corrected chi connectivity index (χ3v) is 4.06. The average molecular weight is 300 g/mol. The molecular weight excluding hydrogens is 286 g/mol. The number of hydrogen-bond acceptors (Lipinski definition) is 3. The standard InChI is InChI=1S/C12H14BrNO3/c1-8(15)12(4-5-12)7-9-2-3-10(13)6-11(9)14(16)17/h2-3,6,8,15H,4-5,7H2,1H3. The summed E-state index contributed by atoms with van der Waals surface area (Å²) < 4.78 is 0.704. The highest BCUT2D eigenvalue weighted by Crippen LogP contribution is 2.52. The summed E-state index contributed by atoms with van der Waals surface area (Å²) in [6.45, 7) is 1.76. The Bertz CT molecular complexity index is 455. The molecule has 1 saturated carbocycles. The van der Waals surface area contributed by atoms with Crippen molar-refractivity contribution in [2.24, 2.45) is 5.41 Å². The molecule has 1 aliphatic rings. The summed E-state index contributed by atoms with van der Waals surface area (Å²) in [5.74, 6) is 0. The molecule has 1 atom stereocenters. The van der Waals surface area contributed by atoms with Crippen LogP contribution in [0.2, 0.25) is 0 Å². The Balaban J connectivity index is 2.30. The first-order chi connectivity index (χ1) is 7.94. The van der Waals surface area contributed by atoms with E-state index in [0.717, 1.165) is 12.8 Å². The van der Waals surface area contributed by atoms with Gasteiger partial charge in [0.2, 0.25) is 0 Å². The lowest BCUT2D eigenvalue weighted by Crippen LogP contribution is -2.21. The minimum absolute atomic E-state index is 0.131. The van der Waals surface area contributed by atoms with Crippen LogP contribution in [-0.2, 0) is 6.42 Å². The van der Waals surface area contributed by atoms with E-state index in [1.807, 2.05) is 0 Å². The van der Waals surface area contributed by atoms with Crippen LogP contribution in [-0.4, -0.2) is 16.1 Å². The number of aliphatic hydroxyl groups is 1. The van der Waals surface area contributed by atoms with Gasteiger partial charge < -0.3 is 5.11 Å². The van der Waals surface area contributed by atoms with E-state index in [1.165, 1.54) is 6.07 Å². The van der Waals surface area contributed by atoms with E-state index < -0.39 is 6.10 Å². The van der Waals surface area contributed by atoms with Gasteiger partial charge in [0, 0.05) is 21.5 Å². The molecule has 1 unspecified atom stereocenters. The summed E-state index contributed by atoms with van der Waals surface area (Å²) in [5.41, 5.74) is 0.696. The van der Waals surface area contributed by atoms with E-state index in [0.29, 0.717) is 16.5 Å². The molecule has 17 heavy (non-hydrogen) atoms. The van der Waals surface area contributed by atoms with Crippen LogP contribution in [0.5, 0.6) is 0 Å². The Hall–Kier alpha value is -0.940. The van der Waals surface area contributed by atoms with E-state index in [4.69, 9.17) is 0 Å². The zero-order valence-corrected chi connectivity index (χ0v) is 11.1. The van der Waals surface area contributed by atoms with Crippen molar-refractivity contribution in [3.63, 3.8) is 0 Å². The van der Waals surface area contributed by atoms with Crippen LogP contribution in [0.3, 0.4) is 0 Å². The molecule has 1 fully saturated rings. The van der Waals surface area contributed by atoms with Crippen LogP contribution in [0, 0.1) is 15.5 Å². The molecule has 1 aromatic carbocycles. The molecule has 1 aromatic rings. The molecule has 1 aliphatic carbocycles. The number of halogens is 1. The van der Waals surface area contributed by atoms with Crippen LogP contribution in [0.1, 0.15) is 25.3 Å². The molecule has 0 saturated heterocycles. The summed E-state index contributed by atoms with van der Waals surface area (Å²) in [5, 5.41) is 20.7. The van der Waals surface area contributed by atoms with Gasteiger partial charge in [-0.05, 0) is 32.3 Å². The Morgan fingerprint density at radius 2 is 2.24 bits per heavy atom. The van der Waals surface area contributed by atoms with Crippen molar-refractivity contribution in [1.82, 2.24) is 0 Å². The van der Waals surface area contributed by atoms with Gasteiger partial charge in [0.05, 0.1) is 11.0 Å². The lowest BCUT2D eigenvalue weighted by molar-refractivity contribution is -0.385. The number of aliphatic hydroxyl groups excluding tert-OH is 1. The maximum Gasteiger partial charge on any atom is 0.273 e. The fourth-order valence-electron chi connectivity index (χ4n) is 2.14. The first-order valence-corrected chi connectivity index (χ1v) is 6.35. The number of nitro benzene ring substituents is 1. The summed E-state index contributed by atoms with van der Waals surface area (Å²) in [4.78, 5) is 10.6. The number of rotatable bonds is 4. The second-order valence-corrected chi connectivity index (χ2v) is 5.66. The number of hydrogen-bond donors (Lipinski definition) is 1. The fourth-order valence-corrected chi connectivity index (χ4v) is 2.49. The Kier molecular flexibility index (Phi) is 3.23. The van der Waals surface area contributed by atoms with Crippen molar-refractivity contribution in [2.75, 3.05) is 0 Å². The predicted molar refractivity (Wildman–Crippen MR) is 67.8 cm³/mol. The molecule has 0 spiro atoms. The SMILES string of the molecule is CC(O)C1(Cc2ccc(Br)cc2[N+](=O)[O-])CC1. The number of benzene rings is 1. The van der Waals surface area contributed by atoms with Gasteiger partial charge in [-0.15, -0.1) is 0 Å². The zero-order valence-electron chi connectivity index (χ0n) is 9.52. The molecule has 2 rings (SSSR count). The quantitative estimate of drug-likeness (QED) is 0.686. The minimum Gasteiger partial charge on any atom is -0.393 e. The van der Waals surface area contributed by atoms with Gasteiger partial charge in [-0.3, -0.25) is 10.1 Å². The number of nitrogens with zero attached hydrogens (tertiary/aromatic N) is 1. The van der Waals surface area contributed by atoms with Crippen LogP contribution in [0.15, 0.2) is 22.7 Å². The topological polar surface area (TPSA) is 63.4 Å². The highest BCUT2D eigenvalue weighted by molar-refractivity contribution is 9.10. The maximum atomic E-state index is 11.0. The van der Waals surface area contributed by atoms with Crippen molar-refractivity contribution >= 4 is 21.6 Å². The normalized spacial score (nSPS) is 18.8. The second-order valence-electron chi connectivity index (χ2n) is 4.75. The molecule has 0 aromatic heterocycles. The monoisotopic (exact) mass is 299 g/mol. The Morgan fingerprint density at radius 1 is 1.59 bits per heavy atom. The summed E-state index contributed by atoms with van der Waals surface area (Å²) in [6.07, 6.45) is 2.05. The average Bonchev–Trinajstić information content (AvgIpc) is 3.01. The molecule has 0 radical (unpaired) electrons. The maximum absolute atomic E-state index is 11.0. The van der Waals surface area contributed by atoms with Crippen molar-refractivity contribution < 1.29 is 10.0 Å². The third kappa shape index (κ3) is 2.50. The van der Waals surface area contributed by atoms with Gasteiger partial charge in [-0.2, -0.15) is 0 Å². The lowest BCUT2D eigenvalue weighted by Gasteiger charge is -2.18. The predicted octanol–water partition coefficient (Wildman–Crippen LogP) is 3.06. The fraction of sp³-hybridized carbons (Fsp3) is 0.500. The van der Waals surface area contributed by atoms with Gasteiger partial charge in [0.1, 0.15) is 0 Å². The molecule has 0 heterocycles. The van der Waals surface area contributed by atoms with Gasteiger partial charge >= 0.3 is 0 Å². The van der Waals surface area contributed by atoms with Crippen molar-refractivity contribution in [2.45, 2.75) is 32.3 Å². The molecule has 0 amide bonds. The first kappa shape index (κ1) is 12.5. The van der Waals surface area contributed by atoms with Crippen LogP contribution in [0.4, 0.5) is 5.69 Å². The highest BCUT2D eigenvalue weighted by atomic mass is 79.9. The largest absolute Gasteiger partial charge is 0.393 e. The van der Waals surface area contributed by atoms with Crippen LogP contribution >= 0.6 is 15.9 Å². The highest BCUT2D eigenvalue weighted by Gasteiger charge is 2.47. The van der Waals surface area contributed by atoms with E-state index in [1.54, 1.807) is 19.1 Å². The summed E-state index contributed by atoms with van der Waals surface area (Å²) >= 11 is 3.23. The second kappa shape index (κ2) is 4.38. The lowest BCUT2D eigenvalue weighted by atomic mass is 9.91. The zero-order chi connectivity index (χ0) is 12.6. The molecule has 0 aliphatic heterocycles. The van der Waals surface area contributed by atoms with Crippen molar-refractivity contribution in [1.29, 1.82) is 0 Å². The number of nitro groups is 1. The van der Waals surface area contributed by atoms with E-state index >= 15 is 0 Å². The first-order valence-electron chi connectivity index (χ1n) is 5.55.